The van der Waals surface area contributed by atoms with E-state index in [0.29, 0.717) is 6.61 Å². The zero-order valence-corrected chi connectivity index (χ0v) is 8.09. The van der Waals surface area contributed by atoms with Crippen molar-refractivity contribution in [2.24, 2.45) is 5.73 Å². The van der Waals surface area contributed by atoms with Gasteiger partial charge in [-0.1, -0.05) is 0 Å². The van der Waals surface area contributed by atoms with Crippen molar-refractivity contribution in [1.82, 2.24) is 0 Å². The molecule has 2 N–H and O–H groups in total. The summed E-state index contributed by atoms with van der Waals surface area (Å²) in [6, 6.07) is 0. The Bertz CT molecular complexity index is 166. The molecule has 4 nitrogen and oxygen atoms in total. The number of methoxy groups -OCH3 is 1. The molecule has 0 aromatic rings. The van der Waals surface area contributed by atoms with Gasteiger partial charge in [-0.15, -0.1) is 0 Å². The van der Waals surface area contributed by atoms with Crippen molar-refractivity contribution in [3.63, 3.8) is 0 Å². The minimum absolute atomic E-state index is 0.146. The Kier molecular flexibility index (Phi) is 2.45. The number of nitrogens with two attached hydrogens (primary N) is 1. The molecular formula is C8H17NO3. The average molecular weight is 175 g/mol. The molecule has 1 heterocycles. The van der Waals surface area contributed by atoms with Gasteiger partial charge in [-0.3, -0.25) is 5.73 Å². The van der Waals surface area contributed by atoms with Crippen LogP contribution >= 0.6 is 0 Å². The maximum atomic E-state index is 5.75. The molecular weight excluding hydrogens is 158 g/mol. The van der Waals surface area contributed by atoms with Crippen LogP contribution in [0.1, 0.15) is 20.8 Å². The van der Waals surface area contributed by atoms with Crippen LogP contribution in [-0.2, 0) is 14.2 Å². The molecule has 1 aliphatic rings. The molecule has 1 rings (SSSR count). The maximum Gasteiger partial charge on any atom is 0.166 e. The van der Waals surface area contributed by atoms with Crippen molar-refractivity contribution in [3.05, 3.63) is 0 Å². The Morgan fingerprint density at radius 1 is 1.58 bits per heavy atom. The van der Waals surface area contributed by atoms with Crippen molar-refractivity contribution in [1.29, 1.82) is 0 Å². The molecule has 0 aromatic carbocycles. The maximum absolute atomic E-state index is 5.75. The van der Waals surface area contributed by atoms with E-state index < -0.39 is 11.5 Å². The molecule has 0 saturated carbocycles. The number of hydrogen-bond acceptors (Lipinski definition) is 4. The van der Waals surface area contributed by atoms with E-state index >= 15 is 0 Å². The summed E-state index contributed by atoms with van der Waals surface area (Å²) in [4.78, 5) is 0. The highest BCUT2D eigenvalue weighted by molar-refractivity contribution is 4.92. The van der Waals surface area contributed by atoms with Gasteiger partial charge < -0.3 is 14.2 Å². The molecule has 4 heteroatoms. The molecule has 0 spiro atoms. The second kappa shape index (κ2) is 2.96. The summed E-state index contributed by atoms with van der Waals surface area (Å²) in [6.07, 6.45) is -0.146. The summed E-state index contributed by atoms with van der Waals surface area (Å²) in [7, 11) is 1.60. The monoisotopic (exact) mass is 175 g/mol. The van der Waals surface area contributed by atoms with Crippen molar-refractivity contribution in [2.45, 2.75) is 38.4 Å². The number of ether oxygens (including phenoxy) is 3. The zero-order valence-electron chi connectivity index (χ0n) is 8.09. The van der Waals surface area contributed by atoms with Gasteiger partial charge in [0.15, 0.2) is 11.5 Å². The van der Waals surface area contributed by atoms with Crippen molar-refractivity contribution in [2.75, 3.05) is 13.7 Å². The van der Waals surface area contributed by atoms with Gasteiger partial charge in [-0.05, 0) is 20.8 Å². The third kappa shape index (κ3) is 2.17. The van der Waals surface area contributed by atoms with E-state index in [1.54, 1.807) is 7.11 Å². The predicted molar refractivity (Wildman–Crippen MR) is 44.5 cm³/mol. The minimum atomic E-state index is -0.599. The molecule has 72 valence electrons. The first-order chi connectivity index (χ1) is 5.40. The Morgan fingerprint density at radius 2 is 2.08 bits per heavy atom. The molecule has 0 bridgehead atoms. The summed E-state index contributed by atoms with van der Waals surface area (Å²) in [6.45, 7) is 6.13. The normalized spacial score (nSPS) is 31.8. The summed E-state index contributed by atoms with van der Waals surface area (Å²) in [5, 5.41) is 0. The second-order valence-electron chi connectivity index (χ2n) is 3.61. The quantitative estimate of drug-likeness (QED) is 0.498. The Labute approximate surface area is 73.0 Å². The lowest BCUT2D eigenvalue weighted by Gasteiger charge is -2.29. The molecule has 0 aliphatic carbocycles. The van der Waals surface area contributed by atoms with Crippen LogP contribution in [0.3, 0.4) is 0 Å². The Hall–Kier alpha value is -0.160. The van der Waals surface area contributed by atoms with Crippen LogP contribution in [0.15, 0.2) is 0 Å². The van der Waals surface area contributed by atoms with Crippen LogP contribution in [0, 0.1) is 0 Å². The van der Waals surface area contributed by atoms with E-state index in [-0.39, 0.29) is 6.10 Å². The van der Waals surface area contributed by atoms with Gasteiger partial charge in [0.1, 0.15) is 6.10 Å². The van der Waals surface area contributed by atoms with Gasteiger partial charge >= 0.3 is 0 Å². The molecule has 0 amide bonds. The molecule has 1 fully saturated rings. The van der Waals surface area contributed by atoms with Gasteiger partial charge in [-0.25, -0.2) is 0 Å². The van der Waals surface area contributed by atoms with Gasteiger partial charge in [0.25, 0.3) is 0 Å². The number of epoxide rings is 1. The SMILES string of the molecule is COC(C)(C)O[C@H](C)[C@@]1(N)CO1. The lowest BCUT2D eigenvalue weighted by molar-refractivity contribution is -0.230. The van der Waals surface area contributed by atoms with Gasteiger partial charge in [-0.2, -0.15) is 0 Å². The number of hydrogen-bond donors (Lipinski definition) is 1. The highest BCUT2D eigenvalue weighted by atomic mass is 16.7. The second-order valence-corrected chi connectivity index (χ2v) is 3.61. The summed E-state index contributed by atoms with van der Waals surface area (Å²) in [5.41, 5.74) is 5.16. The standard InChI is InChI=1S/C8H17NO3/c1-6(8(9)5-11-8)12-7(2,3)10-4/h6H,5,9H2,1-4H3/t6-,8-/m1/s1. The topological polar surface area (TPSA) is 57.0 Å². The van der Waals surface area contributed by atoms with E-state index in [2.05, 4.69) is 0 Å². The van der Waals surface area contributed by atoms with E-state index in [9.17, 15) is 0 Å². The van der Waals surface area contributed by atoms with Crippen molar-refractivity contribution < 1.29 is 14.2 Å². The first kappa shape index (κ1) is 9.92. The van der Waals surface area contributed by atoms with Crippen LogP contribution in [0.4, 0.5) is 0 Å². The number of rotatable bonds is 4. The highest BCUT2D eigenvalue weighted by Crippen LogP contribution is 2.29. The van der Waals surface area contributed by atoms with Crippen LogP contribution in [0.25, 0.3) is 0 Å². The molecule has 0 radical (unpaired) electrons. The minimum Gasteiger partial charge on any atom is -0.354 e. The van der Waals surface area contributed by atoms with E-state index in [1.165, 1.54) is 0 Å². The Morgan fingerprint density at radius 3 is 2.42 bits per heavy atom. The van der Waals surface area contributed by atoms with Crippen LogP contribution < -0.4 is 5.73 Å². The predicted octanol–water partition coefficient (Wildman–Crippen LogP) is 0.459. The van der Waals surface area contributed by atoms with Gasteiger partial charge in [0.05, 0.1) is 6.61 Å². The third-order valence-corrected chi connectivity index (χ3v) is 2.12. The average Bonchev–Trinajstić information content (AvgIpc) is 2.69. The Balaban J connectivity index is 2.40. The van der Waals surface area contributed by atoms with E-state index in [1.807, 2.05) is 20.8 Å². The molecule has 1 aliphatic heterocycles. The van der Waals surface area contributed by atoms with Crippen molar-refractivity contribution >= 4 is 0 Å². The van der Waals surface area contributed by atoms with Crippen LogP contribution in [0.2, 0.25) is 0 Å². The lowest BCUT2D eigenvalue weighted by Crippen LogP contribution is -2.44. The van der Waals surface area contributed by atoms with Gasteiger partial charge in [0.2, 0.25) is 0 Å². The fraction of sp³-hybridized carbons (Fsp3) is 1.00. The first-order valence-corrected chi connectivity index (χ1v) is 4.05. The molecule has 2 atom stereocenters. The molecule has 0 unspecified atom stereocenters. The zero-order chi connectivity index (χ0) is 9.41. The molecule has 12 heavy (non-hydrogen) atoms. The third-order valence-electron chi connectivity index (χ3n) is 2.12. The van der Waals surface area contributed by atoms with E-state index in [0.717, 1.165) is 0 Å². The summed E-state index contributed by atoms with van der Waals surface area (Å²) < 4.78 is 15.7. The fourth-order valence-corrected chi connectivity index (χ4v) is 0.892. The molecule has 1 saturated heterocycles. The van der Waals surface area contributed by atoms with E-state index in [4.69, 9.17) is 19.9 Å². The summed E-state index contributed by atoms with van der Waals surface area (Å²) >= 11 is 0. The van der Waals surface area contributed by atoms with Gasteiger partial charge in [0, 0.05) is 7.11 Å². The van der Waals surface area contributed by atoms with Crippen molar-refractivity contribution in [3.8, 4) is 0 Å². The lowest BCUT2D eigenvalue weighted by atomic mass is 10.2. The summed E-state index contributed by atoms with van der Waals surface area (Å²) in [5.74, 6) is -0.599. The smallest absolute Gasteiger partial charge is 0.166 e. The highest BCUT2D eigenvalue weighted by Gasteiger charge is 2.48. The van der Waals surface area contributed by atoms with Crippen LogP contribution in [-0.4, -0.2) is 31.3 Å². The fourth-order valence-electron chi connectivity index (χ4n) is 0.892. The first-order valence-electron chi connectivity index (χ1n) is 4.05. The van der Waals surface area contributed by atoms with Crippen LogP contribution in [0.5, 0.6) is 0 Å². The molecule has 0 aromatic heterocycles. The largest absolute Gasteiger partial charge is 0.354 e.